The van der Waals surface area contributed by atoms with Gasteiger partial charge in [0.1, 0.15) is 5.82 Å². The van der Waals surface area contributed by atoms with Gasteiger partial charge in [0.25, 0.3) is 0 Å². The third-order valence-corrected chi connectivity index (χ3v) is 8.35. The first kappa shape index (κ1) is 23.6. The smallest absolute Gasteiger partial charge is 0.243 e. The summed E-state index contributed by atoms with van der Waals surface area (Å²) in [5.41, 5.74) is 2.48. The number of aromatic nitrogens is 2. The van der Waals surface area contributed by atoms with Crippen LogP contribution in [0.1, 0.15) is 44.0 Å². The Kier molecular flexibility index (Phi) is 6.66. The molecule has 9 nitrogen and oxygen atoms in total. The Morgan fingerprint density at radius 2 is 1.89 bits per heavy atom. The summed E-state index contributed by atoms with van der Waals surface area (Å²) in [4.78, 5) is 17.6. The fourth-order valence-corrected chi connectivity index (χ4v) is 6.16. The van der Waals surface area contributed by atoms with E-state index in [0.29, 0.717) is 43.1 Å². The molecule has 5 rings (SSSR count). The predicted molar refractivity (Wildman–Crippen MR) is 131 cm³/mol. The van der Waals surface area contributed by atoms with Crippen LogP contribution in [0.2, 0.25) is 0 Å². The number of amides is 1. The number of imidazole rings is 1. The number of carbonyl (C=O) groups excluding carboxylic acids is 1. The standard InChI is InChI=1S/C25H30N4O5S/c1-2-11-29-21-7-6-19(35(31,32)28-12-3-4-13-28)15-20(21)27-24(29)9-10-25(30)26-16-18-5-8-22-23(14-18)34-17-33-22/h5-8,14-15H,2-4,9-13,16-17H2,1H3,(H,26,30). The molecule has 2 aliphatic rings. The number of sulfonamides is 1. The number of aryl methyl sites for hydroxylation is 2. The Hall–Kier alpha value is -3.11. The minimum Gasteiger partial charge on any atom is -0.454 e. The van der Waals surface area contributed by atoms with Gasteiger partial charge in [-0.3, -0.25) is 4.79 Å². The number of ether oxygens (including phenoxy) is 2. The van der Waals surface area contributed by atoms with E-state index in [9.17, 15) is 13.2 Å². The Morgan fingerprint density at radius 3 is 2.69 bits per heavy atom. The van der Waals surface area contributed by atoms with Crippen molar-refractivity contribution in [3.05, 3.63) is 47.8 Å². The number of nitrogens with zero attached hydrogens (tertiary/aromatic N) is 3. The SMILES string of the molecule is CCCn1c(CCC(=O)NCc2ccc3c(c2)OCO3)nc2cc(S(=O)(=O)N3CCCC3)ccc21. The van der Waals surface area contributed by atoms with E-state index in [4.69, 9.17) is 14.5 Å². The van der Waals surface area contributed by atoms with Crippen molar-refractivity contribution in [3.63, 3.8) is 0 Å². The third-order valence-electron chi connectivity index (χ3n) is 6.45. The van der Waals surface area contributed by atoms with Crippen molar-refractivity contribution < 1.29 is 22.7 Å². The summed E-state index contributed by atoms with van der Waals surface area (Å²) in [6, 6.07) is 10.8. The van der Waals surface area contributed by atoms with Crippen LogP contribution < -0.4 is 14.8 Å². The zero-order chi connectivity index (χ0) is 24.4. The van der Waals surface area contributed by atoms with Crippen LogP contribution in [0.5, 0.6) is 11.5 Å². The van der Waals surface area contributed by atoms with Crippen molar-refractivity contribution in [2.75, 3.05) is 19.9 Å². The summed E-state index contributed by atoms with van der Waals surface area (Å²) in [6.07, 6.45) is 3.45. The number of rotatable bonds is 9. The molecule has 3 heterocycles. The van der Waals surface area contributed by atoms with Crippen LogP contribution in [0, 0.1) is 0 Å². The second kappa shape index (κ2) is 9.87. The highest BCUT2D eigenvalue weighted by molar-refractivity contribution is 7.89. The molecule has 1 fully saturated rings. The highest BCUT2D eigenvalue weighted by Gasteiger charge is 2.28. The number of benzene rings is 2. The molecule has 0 atom stereocenters. The molecule has 3 aromatic rings. The molecule has 186 valence electrons. The molecule has 2 aromatic carbocycles. The molecule has 0 radical (unpaired) electrons. The first-order valence-corrected chi connectivity index (χ1v) is 13.5. The number of fused-ring (bicyclic) bond motifs is 2. The van der Waals surface area contributed by atoms with Crippen molar-refractivity contribution in [1.82, 2.24) is 19.2 Å². The fraction of sp³-hybridized carbons (Fsp3) is 0.440. The third kappa shape index (κ3) is 4.85. The zero-order valence-electron chi connectivity index (χ0n) is 19.8. The van der Waals surface area contributed by atoms with E-state index in [2.05, 4.69) is 16.8 Å². The van der Waals surface area contributed by atoms with E-state index in [1.807, 2.05) is 24.3 Å². The van der Waals surface area contributed by atoms with E-state index in [1.165, 1.54) is 0 Å². The number of hydrogen-bond donors (Lipinski definition) is 1. The Morgan fingerprint density at radius 1 is 1.09 bits per heavy atom. The number of carbonyl (C=O) groups is 1. The van der Waals surface area contributed by atoms with Gasteiger partial charge in [-0.05, 0) is 55.2 Å². The van der Waals surface area contributed by atoms with E-state index < -0.39 is 10.0 Å². The molecule has 10 heteroatoms. The molecule has 0 unspecified atom stereocenters. The van der Waals surface area contributed by atoms with Crippen molar-refractivity contribution in [2.24, 2.45) is 0 Å². The van der Waals surface area contributed by atoms with Gasteiger partial charge in [-0.1, -0.05) is 13.0 Å². The minimum atomic E-state index is -3.51. The first-order valence-electron chi connectivity index (χ1n) is 12.1. The topological polar surface area (TPSA) is 103 Å². The number of nitrogens with one attached hydrogen (secondary N) is 1. The van der Waals surface area contributed by atoms with Crippen molar-refractivity contribution >= 4 is 27.0 Å². The van der Waals surface area contributed by atoms with Gasteiger partial charge < -0.3 is 19.4 Å². The van der Waals surface area contributed by atoms with Crippen LogP contribution in [0.15, 0.2) is 41.3 Å². The molecular formula is C25H30N4O5S. The van der Waals surface area contributed by atoms with E-state index in [1.54, 1.807) is 16.4 Å². The molecule has 1 N–H and O–H groups in total. The average molecular weight is 499 g/mol. The first-order chi connectivity index (χ1) is 17.0. The summed E-state index contributed by atoms with van der Waals surface area (Å²) in [5, 5.41) is 2.95. The van der Waals surface area contributed by atoms with Crippen LogP contribution in [-0.4, -0.2) is 48.1 Å². The lowest BCUT2D eigenvalue weighted by Crippen LogP contribution is -2.27. The second-order valence-corrected chi connectivity index (χ2v) is 10.8. The van der Waals surface area contributed by atoms with Crippen molar-refractivity contribution in [2.45, 2.75) is 57.0 Å². The highest BCUT2D eigenvalue weighted by atomic mass is 32.2. The van der Waals surface area contributed by atoms with Gasteiger partial charge in [-0.25, -0.2) is 13.4 Å². The molecular weight excluding hydrogens is 468 g/mol. The van der Waals surface area contributed by atoms with Crippen LogP contribution in [0.4, 0.5) is 0 Å². The van der Waals surface area contributed by atoms with E-state index in [0.717, 1.165) is 42.7 Å². The maximum atomic E-state index is 13.0. The van der Waals surface area contributed by atoms with Crippen LogP contribution in [0.3, 0.4) is 0 Å². The molecule has 0 spiro atoms. The maximum absolute atomic E-state index is 13.0. The maximum Gasteiger partial charge on any atom is 0.243 e. The molecule has 1 saturated heterocycles. The van der Waals surface area contributed by atoms with Gasteiger partial charge in [0.05, 0.1) is 15.9 Å². The second-order valence-electron chi connectivity index (χ2n) is 8.91. The zero-order valence-corrected chi connectivity index (χ0v) is 20.6. The normalized spacial score (nSPS) is 15.7. The largest absolute Gasteiger partial charge is 0.454 e. The van der Waals surface area contributed by atoms with Crippen LogP contribution in [0.25, 0.3) is 11.0 Å². The molecule has 0 bridgehead atoms. The summed E-state index contributed by atoms with van der Waals surface area (Å²) < 4.78 is 40.3. The molecule has 1 amide bonds. The fourth-order valence-electron chi connectivity index (χ4n) is 4.63. The monoisotopic (exact) mass is 498 g/mol. The summed E-state index contributed by atoms with van der Waals surface area (Å²) >= 11 is 0. The van der Waals surface area contributed by atoms with Gasteiger partial charge in [-0.15, -0.1) is 0 Å². The highest BCUT2D eigenvalue weighted by Crippen LogP contribution is 2.32. The molecule has 0 aliphatic carbocycles. The Balaban J connectivity index is 1.28. The Bertz CT molecular complexity index is 1350. The lowest BCUT2D eigenvalue weighted by atomic mass is 10.2. The molecule has 0 saturated carbocycles. The predicted octanol–water partition coefficient (Wildman–Crippen LogP) is 3.21. The Labute approximate surface area is 205 Å². The molecule has 2 aliphatic heterocycles. The molecule has 35 heavy (non-hydrogen) atoms. The van der Waals surface area contributed by atoms with E-state index >= 15 is 0 Å². The van der Waals surface area contributed by atoms with Gasteiger partial charge >= 0.3 is 0 Å². The lowest BCUT2D eigenvalue weighted by molar-refractivity contribution is -0.121. The van der Waals surface area contributed by atoms with Gasteiger partial charge in [0, 0.05) is 39.0 Å². The van der Waals surface area contributed by atoms with Crippen molar-refractivity contribution in [1.29, 1.82) is 0 Å². The summed E-state index contributed by atoms with van der Waals surface area (Å²) in [7, 11) is -3.51. The lowest BCUT2D eigenvalue weighted by Gasteiger charge is -2.15. The van der Waals surface area contributed by atoms with Gasteiger partial charge in [-0.2, -0.15) is 4.31 Å². The quantitative estimate of drug-likeness (QED) is 0.486. The minimum absolute atomic E-state index is 0.0740. The van der Waals surface area contributed by atoms with Crippen LogP contribution >= 0.6 is 0 Å². The molecule has 1 aromatic heterocycles. The average Bonchev–Trinajstić information content (AvgIpc) is 3.61. The van der Waals surface area contributed by atoms with Crippen LogP contribution in [-0.2, 0) is 34.3 Å². The van der Waals surface area contributed by atoms with Gasteiger partial charge in [0.2, 0.25) is 22.7 Å². The van der Waals surface area contributed by atoms with Crippen molar-refractivity contribution in [3.8, 4) is 11.5 Å². The summed E-state index contributed by atoms with van der Waals surface area (Å²) in [5.74, 6) is 2.12. The number of hydrogen-bond acceptors (Lipinski definition) is 6. The summed E-state index contributed by atoms with van der Waals surface area (Å²) in [6.45, 7) is 4.59. The van der Waals surface area contributed by atoms with Gasteiger partial charge in [0.15, 0.2) is 11.5 Å². The van der Waals surface area contributed by atoms with E-state index in [-0.39, 0.29) is 24.0 Å².